The standard InChI is InChI=1S/C19H25NO/c1-2-15-9-12-19(21,13-10-15)18(14-20)11-5-7-16-6-3-4-8-17(16)18/h3-4,6,8,15,21H,2,5,7,9-13H2,1H3. The Morgan fingerprint density at radius 3 is 2.62 bits per heavy atom. The Labute approximate surface area is 127 Å². The van der Waals surface area contributed by atoms with E-state index in [4.69, 9.17) is 0 Å². The van der Waals surface area contributed by atoms with Gasteiger partial charge in [0.25, 0.3) is 0 Å². The molecule has 1 aromatic rings. The van der Waals surface area contributed by atoms with E-state index in [9.17, 15) is 10.4 Å². The second-order valence-corrected chi connectivity index (χ2v) is 6.91. The molecule has 0 aromatic heterocycles. The van der Waals surface area contributed by atoms with Gasteiger partial charge in [-0.15, -0.1) is 0 Å². The first-order valence-electron chi connectivity index (χ1n) is 8.37. The van der Waals surface area contributed by atoms with Gasteiger partial charge in [-0.2, -0.15) is 5.26 Å². The zero-order valence-electron chi connectivity index (χ0n) is 12.9. The third kappa shape index (κ3) is 2.19. The summed E-state index contributed by atoms with van der Waals surface area (Å²) in [4.78, 5) is 0. The summed E-state index contributed by atoms with van der Waals surface area (Å²) >= 11 is 0. The van der Waals surface area contributed by atoms with Crippen molar-refractivity contribution in [3.05, 3.63) is 35.4 Å². The third-order valence-electron chi connectivity index (χ3n) is 5.97. The lowest BCUT2D eigenvalue weighted by atomic mass is 9.56. The molecule has 0 aliphatic heterocycles. The molecule has 1 unspecified atom stereocenters. The van der Waals surface area contributed by atoms with Gasteiger partial charge in [0.2, 0.25) is 0 Å². The predicted octanol–water partition coefficient (Wildman–Crippen LogP) is 4.12. The third-order valence-corrected chi connectivity index (χ3v) is 5.97. The molecule has 2 nitrogen and oxygen atoms in total. The Bertz CT molecular complexity index is 551. The molecule has 0 saturated heterocycles. The first-order chi connectivity index (χ1) is 10.1. The van der Waals surface area contributed by atoms with E-state index in [0.717, 1.165) is 56.4 Å². The van der Waals surface area contributed by atoms with E-state index in [-0.39, 0.29) is 0 Å². The van der Waals surface area contributed by atoms with Crippen molar-refractivity contribution in [1.82, 2.24) is 0 Å². The van der Waals surface area contributed by atoms with Crippen molar-refractivity contribution in [1.29, 1.82) is 5.26 Å². The summed E-state index contributed by atoms with van der Waals surface area (Å²) in [5, 5.41) is 21.4. The Kier molecular flexibility index (Phi) is 3.80. The highest BCUT2D eigenvalue weighted by Crippen LogP contribution is 2.51. The highest BCUT2D eigenvalue weighted by molar-refractivity contribution is 5.45. The van der Waals surface area contributed by atoms with Gasteiger partial charge in [0.1, 0.15) is 5.41 Å². The van der Waals surface area contributed by atoms with E-state index < -0.39 is 11.0 Å². The van der Waals surface area contributed by atoms with Crippen molar-refractivity contribution >= 4 is 0 Å². The van der Waals surface area contributed by atoms with Crippen LogP contribution in [0.4, 0.5) is 0 Å². The minimum absolute atomic E-state index is 0.694. The zero-order valence-corrected chi connectivity index (χ0v) is 12.9. The maximum absolute atomic E-state index is 11.4. The van der Waals surface area contributed by atoms with Crippen molar-refractivity contribution < 1.29 is 5.11 Å². The highest BCUT2D eigenvalue weighted by Gasteiger charge is 2.54. The molecule has 0 radical (unpaired) electrons. The molecule has 1 atom stereocenters. The maximum atomic E-state index is 11.4. The van der Waals surface area contributed by atoms with E-state index in [0.29, 0.717) is 0 Å². The minimum atomic E-state index is -0.843. The van der Waals surface area contributed by atoms with Crippen LogP contribution in [0, 0.1) is 17.2 Å². The Hall–Kier alpha value is -1.33. The van der Waals surface area contributed by atoms with Crippen molar-refractivity contribution in [3.8, 4) is 6.07 Å². The van der Waals surface area contributed by atoms with Gasteiger partial charge in [-0.25, -0.2) is 0 Å². The van der Waals surface area contributed by atoms with Crippen LogP contribution in [0.1, 0.15) is 63.0 Å². The second-order valence-electron chi connectivity index (χ2n) is 6.91. The molecule has 1 aromatic carbocycles. The van der Waals surface area contributed by atoms with Crippen LogP contribution in [0.3, 0.4) is 0 Å². The van der Waals surface area contributed by atoms with Gasteiger partial charge in [0.15, 0.2) is 0 Å². The normalized spacial score (nSPS) is 35.8. The molecule has 21 heavy (non-hydrogen) atoms. The number of hydrogen-bond acceptors (Lipinski definition) is 2. The molecule has 1 fully saturated rings. The molecule has 1 N–H and O–H groups in total. The van der Waals surface area contributed by atoms with Crippen molar-refractivity contribution in [2.45, 2.75) is 69.3 Å². The molecule has 0 heterocycles. The zero-order chi connectivity index (χ0) is 14.9. The van der Waals surface area contributed by atoms with E-state index in [2.05, 4.69) is 25.1 Å². The molecule has 112 valence electrons. The van der Waals surface area contributed by atoms with Crippen LogP contribution in [0.5, 0.6) is 0 Å². The smallest absolute Gasteiger partial charge is 0.111 e. The van der Waals surface area contributed by atoms with E-state index in [1.54, 1.807) is 0 Å². The van der Waals surface area contributed by atoms with Gasteiger partial charge >= 0.3 is 0 Å². The van der Waals surface area contributed by atoms with Crippen LogP contribution in [0.15, 0.2) is 24.3 Å². The molecular formula is C19H25NO. The quantitative estimate of drug-likeness (QED) is 0.887. The number of rotatable bonds is 2. The number of aryl methyl sites for hydroxylation is 1. The molecule has 0 bridgehead atoms. The Balaban J connectivity index is 2.01. The Morgan fingerprint density at radius 1 is 1.24 bits per heavy atom. The van der Waals surface area contributed by atoms with Gasteiger partial charge in [-0.3, -0.25) is 0 Å². The lowest BCUT2D eigenvalue weighted by Crippen LogP contribution is -2.54. The second kappa shape index (κ2) is 5.46. The van der Waals surface area contributed by atoms with Crippen molar-refractivity contribution in [2.75, 3.05) is 0 Å². The summed E-state index contributed by atoms with van der Waals surface area (Å²) in [5.74, 6) is 0.722. The first kappa shape index (κ1) is 14.6. The van der Waals surface area contributed by atoms with Crippen molar-refractivity contribution in [3.63, 3.8) is 0 Å². The molecule has 1 saturated carbocycles. The van der Waals surface area contributed by atoms with Crippen LogP contribution in [-0.2, 0) is 11.8 Å². The number of fused-ring (bicyclic) bond motifs is 1. The number of aliphatic hydroxyl groups is 1. The van der Waals surface area contributed by atoms with Gasteiger partial charge in [0, 0.05) is 0 Å². The molecule has 0 amide bonds. The summed E-state index contributed by atoms with van der Waals surface area (Å²) in [6, 6.07) is 10.8. The fourth-order valence-electron chi connectivity index (χ4n) is 4.53. The van der Waals surface area contributed by atoms with E-state index in [1.807, 2.05) is 12.1 Å². The number of benzene rings is 1. The van der Waals surface area contributed by atoms with Crippen molar-refractivity contribution in [2.24, 2.45) is 5.92 Å². The lowest BCUT2D eigenvalue weighted by molar-refractivity contribution is -0.0638. The molecular weight excluding hydrogens is 258 g/mol. The molecule has 2 aliphatic rings. The van der Waals surface area contributed by atoms with Crippen LogP contribution in [-0.4, -0.2) is 10.7 Å². The van der Waals surface area contributed by atoms with Crippen LogP contribution < -0.4 is 0 Å². The molecule has 2 aliphatic carbocycles. The summed E-state index contributed by atoms with van der Waals surface area (Å²) < 4.78 is 0. The van der Waals surface area contributed by atoms with E-state index >= 15 is 0 Å². The highest BCUT2D eigenvalue weighted by atomic mass is 16.3. The van der Waals surface area contributed by atoms with Crippen LogP contribution >= 0.6 is 0 Å². The monoisotopic (exact) mass is 283 g/mol. The molecule has 0 spiro atoms. The average Bonchev–Trinajstić information content (AvgIpc) is 2.55. The maximum Gasteiger partial charge on any atom is 0.111 e. The number of nitrogens with zero attached hydrogens (tertiary/aromatic N) is 1. The summed E-state index contributed by atoms with van der Waals surface area (Å²) in [7, 11) is 0. The fraction of sp³-hybridized carbons (Fsp3) is 0.632. The molecule has 2 heteroatoms. The predicted molar refractivity (Wildman–Crippen MR) is 83.9 cm³/mol. The van der Waals surface area contributed by atoms with Gasteiger partial charge in [0.05, 0.1) is 11.7 Å². The summed E-state index contributed by atoms with van der Waals surface area (Å²) in [6.45, 7) is 2.23. The van der Waals surface area contributed by atoms with Crippen LogP contribution in [0.2, 0.25) is 0 Å². The lowest BCUT2D eigenvalue weighted by Gasteiger charge is -2.49. The van der Waals surface area contributed by atoms with Crippen LogP contribution in [0.25, 0.3) is 0 Å². The number of hydrogen-bond donors (Lipinski definition) is 1. The number of nitriles is 1. The molecule has 3 rings (SSSR count). The van der Waals surface area contributed by atoms with Gasteiger partial charge < -0.3 is 5.11 Å². The summed E-state index contributed by atoms with van der Waals surface area (Å²) in [5.41, 5.74) is 0.817. The van der Waals surface area contributed by atoms with Gasteiger partial charge in [-0.1, -0.05) is 37.6 Å². The first-order valence-corrected chi connectivity index (χ1v) is 8.37. The fourth-order valence-corrected chi connectivity index (χ4v) is 4.53. The topological polar surface area (TPSA) is 44.0 Å². The SMILES string of the molecule is CCC1CCC(O)(C2(C#N)CCCc3ccccc32)CC1. The minimum Gasteiger partial charge on any atom is -0.388 e. The average molecular weight is 283 g/mol. The largest absolute Gasteiger partial charge is 0.388 e. The summed E-state index contributed by atoms with van der Waals surface area (Å²) in [6.07, 6.45) is 7.68. The Morgan fingerprint density at radius 2 is 1.95 bits per heavy atom. The van der Waals surface area contributed by atoms with Gasteiger partial charge in [-0.05, 0) is 62.0 Å². The van der Waals surface area contributed by atoms with E-state index in [1.165, 1.54) is 12.0 Å².